The van der Waals surface area contributed by atoms with E-state index in [1.807, 2.05) is 25.4 Å². The van der Waals surface area contributed by atoms with Gasteiger partial charge in [0.05, 0.1) is 13.1 Å². The van der Waals surface area contributed by atoms with Gasteiger partial charge in [-0.15, -0.1) is 0 Å². The molecule has 1 heterocycles. The summed E-state index contributed by atoms with van der Waals surface area (Å²) in [6.45, 7) is 3.18. The lowest BCUT2D eigenvalue weighted by atomic mass is 10.1. The highest BCUT2D eigenvalue weighted by Crippen LogP contribution is 2.25. The van der Waals surface area contributed by atoms with Gasteiger partial charge in [-0.3, -0.25) is 4.79 Å². The van der Waals surface area contributed by atoms with E-state index in [0.29, 0.717) is 16.6 Å². The molecule has 0 bridgehead atoms. The Morgan fingerprint density at radius 3 is 2.77 bits per heavy atom. The van der Waals surface area contributed by atoms with Crippen LogP contribution in [0.2, 0.25) is 10.0 Å². The molecule has 0 aliphatic carbocycles. The Balaban J connectivity index is 1.88. The maximum absolute atomic E-state index is 12.1. The molecule has 0 aliphatic rings. The Hall–Kier alpha value is -1.07. The largest absolute Gasteiger partial charge is 0.345 e. The molecule has 0 saturated heterocycles. The number of benzene rings is 1. The maximum Gasteiger partial charge on any atom is 0.275 e. The molecular formula is C16H19Cl2N2OS+. The van der Waals surface area contributed by atoms with E-state index in [1.165, 1.54) is 5.56 Å². The predicted octanol–water partition coefficient (Wildman–Crippen LogP) is 2.95. The van der Waals surface area contributed by atoms with Crippen molar-refractivity contribution < 1.29 is 9.69 Å². The average molecular weight is 358 g/mol. The number of quaternary nitrogens is 1. The highest BCUT2D eigenvalue weighted by Gasteiger charge is 2.16. The van der Waals surface area contributed by atoms with Crippen LogP contribution in [0, 0.1) is 0 Å². The van der Waals surface area contributed by atoms with Crippen LogP contribution in [0.25, 0.3) is 0 Å². The van der Waals surface area contributed by atoms with Gasteiger partial charge in [0, 0.05) is 15.6 Å². The minimum Gasteiger partial charge on any atom is -0.345 e. The molecule has 0 fully saturated rings. The van der Waals surface area contributed by atoms with Crippen molar-refractivity contribution in [2.24, 2.45) is 0 Å². The molecule has 1 aromatic carbocycles. The molecule has 22 heavy (non-hydrogen) atoms. The van der Waals surface area contributed by atoms with Crippen molar-refractivity contribution in [1.29, 1.82) is 0 Å². The summed E-state index contributed by atoms with van der Waals surface area (Å²) in [6.07, 6.45) is 0. The summed E-state index contributed by atoms with van der Waals surface area (Å²) in [5.74, 6) is 0.00578. The monoisotopic (exact) mass is 357 g/mol. The highest BCUT2D eigenvalue weighted by molar-refractivity contribution is 7.07. The molecule has 118 valence electrons. The number of rotatable bonds is 6. The molecule has 0 radical (unpaired) electrons. The normalized spacial score (nSPS) is 13.6. The summed E-state index contributed by atoms with van der Waals surface area (Å²) in [6, 6.07) is 7.25. The van der Waals surface area contributed by atoms with Crippen molar-refractivity contribution >= 4 is 40.4 Å². The van der Waals surface area contributed by atoms with Gasteiger partial charge >= 0.3 is 0 Å². The first-order valence-corrected chi connectivity index (χ1v) is 8.72. The molecule has 0 saturated carbocycles. The van der Waals surface area contributed by atoms with Gasteiger partial charge in [0.15, 0.2) is 6.54 Å². The topological polar surface area (TPSA) is 33.5 Å². The van der Waals surface area contributed by atoms with Crippen molar-refractivity contribution in [3.05, 3.63) is 56.2 Å². The summed E-state index contributed by atoms with van der Waals surface area (Å²) in [4.78, 5) is 13.3. The molecule has 1 unspecified atom stereocenters. The van der Waals surface area contributed by atoms with Crippen LogP contribution in [0.4, 0.5) is 0 Å². The molecule has 3 nitrogen and oxygen atoms in total. The van der Waals surface area contributed by atoms with Crippen LogP contribution in [-0.4, -0.2) is 19.5 Å². The van der Waals surface area contributed by atoms with Crippen molar-refractivity contribution in [1.82, 2.24) is 5.32 Å². The van der Waals surface area contributed by atoms with E-state index in [4.69, 9.17) is 23.2 Å². The summed E-state index contributed by atoms with van der Waals surface area (Å²) in [7, 11) is 2.01. The first-order valence-electron chi connectivity index (χ1n) is 7.02. The number of hydrogen-bond acceptors (Lipinski definition) is 2. The van der Waals surface area contributed by atoms with Crippen molar-refractivity contribution in [2.75, 3.05) is 13.6 Å². The third kappa shape index (κ3) is 4.99. The number of likely N-dealkylation sites (N-methyl/N-ethyl adjacent to an activating group) is 1. The molecule has 2 aromatic rings. The molecule has 2 N–H and O–H groups in total. The zero-order chi connectivity index (χ0) is 16.1. The lowest BCUT2D eigenvalue weighted by Gasteiger charge is -2.18. The fourth-order valence-electron chi connectivity index (χ4n) is 2.30. The Morgan fingerprint density at radius 1 is 1.36 bits per heavy atom. The van der Waals surface area contributed by atoms with Crippen LogP contribution in [-0.2, 0) is 11.3 Å². The van der Waals surface area contributed by atoms with Gasteiger partial charge in [-0.05, 0) is 41.4 Å². The number of amides is 1. The van der Waals surface area contributed by atoms with Crippen LogP contribution in [0.5, 0.6) is 0 Å². The third-order valence-corrected chi connectivity index (χ3v) is 4.65. The fourth-order valence-corrected chi connectivity index (χ4v) is 3.54. The minimum atomic E-state index is -0.147. The molecule has 1 amide bonds. The van der Waals surface area contributed by atoms with Gasteiger partial charge in [0.25, 0.3) is 5.91 Å². The van der Waals surface area contributed by atoms with E-state index in [0.717, 1.165) is 17.0 Å². The fraction of sp³-hybridized carbons (Fsp3) is 0.312. The van der Waals surface area contributed by atoms with E-state index in [1.54, 1.807) is 23.5 Å². The Kier molecular flexibility index (Phi) is 6.26. The molecule has 2 atom stereocenters. The molecule has 0 aliphatic heterocycles. The SMILES string of the molecule is C[C@H](NC(=O)C[NH+](C)Cc1ccsc1)c1ccc(Cl)cc1Cl. The Bertz CT molecular complexity index is 631. The molecular weight excluding hydrogens is 339 g/mol. The Morgan fingerprint density at radius 2 is 2.14 bits per heavy atom. The van der Waals surface area contributed by atoms with E-state index < -0.39 is 0 Å². The van der Waals surface area contributed by atoms with Crippen molar-refractivity contribution in [2.45, 2.75) is 19.5 Å². The van der Waals surface area contributed by atoms with E-state index >= 15 is 0 Å². The lowest BCUT2D eigenvalue weighted by molar-refractivity contribution is -0.885. The number of carbonyl (C=O) groups excluding carboxylic acids is 1. The molecule has 2 rings (SSSR count). The summed E-state index contributed by atoms with van der Waals surface area (Å²) >= 11 is 13.7. The smallest absolute Gasteiger partial charge is 0.275 e. The lowest BCUT2D eigenvalue weighted by Crippen LogP contribution is -3.08. The number of thiophene rings is 1. The van der Waals surface area contributed by atoms with E-state index in [2.05, 4.69) is 16.8 Å². The van der Waals surface area contributed by atoms with Crippen LogP contribution < -0.4 is 10.2 Å². The van der Waals surface area contributed by atoms with Gasteiger partial charge in [-0.2, -0.15) is 11.3 Å². The standard InChI is InChI=1S/C16H18Cl2N2OS/c1-11(14-4-3-13(17)7-15(14)18)19-16(21)9-20(2)8-12-5-6-22-10-12/h3-7,10-11H,8-9H2,1-2H3,(H,19,21)/p+1/t11-/m0/s1. The second-order valence-corrected chi connectivity index (χ2v) is 7.02. The summed E-state index contributed by atoms with van der Waals surface area (Å²) in [5.41, 5.74) is 2.12. The minimum absolute atomic E-state index is 0.00578. The molecule has 0 spiro atoms. The summed E-state index contributed by atoms with van der Waals surface area (Å²) < 4.78 is 0. The Labute approximate surface area is 144 Å². The first kappa shape index (κ1) is 17.3. The average Bonchev–Trinajstić information content (AvgIpc) is 2.90. The molecule has 1 aromatic heterocycles. The first-order chi connectivity index (χ1) is 10.5. The second-order valence-electron chi connectivity index (χ2n) is 5.40. The zero-order valence-electron chi connectivity index (χ0n) is 12.5. The summed E-state index contributed by atoms with van der Waals surface area (Å²) in [5, 5.41) is 8.30. The zero-order valence-corrected chi connectivity index (χ0v) is 14.9. The third-order valence-electron chi connectivity index (χ3n) is 3.35. The quantitative estimate of drug-likeness (QED) is 0.818. The van der Waals surface area contributed by atoms with Crippen molar-refractivity contribution in [3.63, 3.8) is 0 Å². The van der Waals surface area contributed by atoms with Gasteiger partial charge in [-0.25, -0.2) is 0 Å². The van der Waals surface area contributed by atoms with Crippen LogP contribution in [0.1, 0.15) is 24.1 Å². The predicted molar refractivity (Wildman–Crippen MR) is 92.8 cm³/mol. The number of nitrogens with one attached hydrogen (secondary N) is 2. The highest BCUT2D eigenvalue weighted by atomic mass is 35.5. The maximum atomic E-state index is 12.1. The van der Waals surface area contributed by atoms with Crippen molar-refractivity contribution in [3.8, 4) is 0 Å². The van der Waals surface area contributed by atoms with Gasteiger partial charge in [0.2, 0.25) is 0 Å². The van der Waals surface area contributed by atoms with Crippen LogP contribution in [0.15, 0.2) is 35.0 Å². The number of halogens is 2. The molecule has 6 heteroatoms. The van der Waals surface area contributed by atoms with Gasteiger partial charge < -0.3 is 10.2 Å². The number of hydrogen-bond donors (Lipinski definition) is 2. The van der Waals surface area contributed by atoms with E-state index in [9.17, 15) is 4.79 Å². The number of carbonyl (C=O) groups is 1. The van der Waals surface area contributed by atoms with E-state index in [-0.39, 0.29) is 11.9 Å². The second kappa shape index (κ2) is 7.97. The van der Waals surface area contributed by atoms with Crippen LogP contribution >= 0.6 is 34.5 Å². The van der Waals surface area contributed by atoms with Crippen LogP contribution in [0.3, 0.4) is 0 Å². The van der Waals surface area contributed by atoms with Gasteiger partial charge in [-0.1, -0.05) is 29.3 Å². The van der Waals surface area contributed by atoms with Gasteiger partial charge in [0.1, 0.15) is 6.54 Å².